The molecule has 0 bridgehead atoms. The average molecular weight is 636 g/mol. The molecule has 11 heteroatoms. The molecule has 4 heterocycles. The average Bonchev–Trinajstić information content (AvgIpc) is 3.88. The number of hydrogen-bond acceptors (Lipinski definition) is 7. The van der Waals surface area contributed by atoms with Gasteiger partial charge in [-0.1, -0.05) is 19.1 Å². The van der Waals surface area contributed by atoms with Crippen LogP contribution in [0.1, 0.15) is 49.0 Å². The van der Waals surface area contributed by atoms with E-state index in [1.165, 1.54) is 12.7 Å². The molecule has 242 valence electrons. The fraction of sp³-hybridized carbons (Fsp3) is 0.306. The maximum atomic E-state index is 12.9. The Balaban J connectivity index is 1.25. The summed E-state index contributed by atoms with van der Waals surface area (Å²) in [4.78, 5) is 34.3. The second-order valence-electron chi connectivity index (χ2n) is 11.7. The van der Waals surface area contributed by atoms with Gasteiger partial charge in [-0.25, -0.2) is 9.78 Å². The lowest BCUT2D eigenvalue weighted by Gasteiger charge is -2.31. The van der Waals surface area contributed by atoms with Gasteiger partial charge >= 0.3 is 6.09 Å². The molecule has 2 atom stereocenters. The minimum absolute atomic E-state index is 0.129. The van der Waals surface area contributed by atoms with E-state index >= 15 is 0 Å². The maximum absolute atomic E-state index is 12.9. The summed E-state index contributed by atoms with van der Waals surface area (Å²) in [5, 5.41) is 3.63. The molecule has 11 nitrogen and oxygen atoms in total. The van der Waals surface area contributed by atoms with Crippen LogP contribution < -0.4 is 19.5 Å². The Kier molecular flexibility index (Phi) is 7.97. The molecular weight excluding hydrogens is 598 g/mol. The lowest BCUT2D eigenvalue weighted by molar-refractivity contribution is -0.131. The number of methoxy groups -OCH3 is 3. The zero-order chi connectivity index (χ0) is 32.7. The number of fused-ring (bicyclic) bond motifs is 5. The molecule has 1 fully saturated rings. The number of hydrogen-bond donors (Lipinski definition) is 2. The Morgan fingerprint density at radius 3 is 2.57 bits per heavy atom. The summed E-state index contributed by atoms with van der Waals surface area (Å²) in [5.41, 5.74) is 7.01. The highest BCUT2D eigenvalue weighted by Gasteiger charge is 2.33. The van der Waals surface area contributed by atoms with Crippen molar-refractivity contribution in [3.63, 3.8) is 0 Å². The molecule has 2 amide bonds. The third-order valence-corrected chi connectivity index (χ3v) is 9.07. The fourth-order valence-corrected chi connectivity index (χ4v) is 6.65. The van der Waals surface area contributed by atoms with Crippen LogP contribution >= 0.6 is 0 Å². The monoisotopic (exact) mass is 635 g/mol. The van der Waals surface area contributed by atoms with E-state index in [1.54, 1.807) is 25.3 Å². The number of alkyl carbamates (subject to hydrolysis) is 1. The van der Waals surface area contributed by atoms with Crippen LogP contribution in [-0.4, -0.2) is 65.9 Å². The van der Waals surface area contributed by atoms with E-state index in [1.807, 2.05) is 24.3 Å². The van der Waals surface area contributed by atoms with Gasteiger partial charge in [0.2, 0.25) is 12.1 Å². The van der Waals surface area contributed by atoms with Crippen molar-refractivity contribution in [2.75, 3.05) is 34.4 Å². The molecule has 0 saturated carbocycles. The molecule has 3 aromatic carbocycles. The minimum Gasteiger partial charge on any atom is -0.497 e. The van der Waals surface area contributed by atoms with Crippen LogP contribution in [0.25, 0.3) is 33.4 Å². The van der Waals surface area contributed by atoms with Gasteiger partial charge in [0.1, 0.15) is 29.6 Å². The minimum atomic E-state index is -0.636. The highest BCUT2D eigenvalue weighted by Crippen LogP contribution is 2.46. The Morgan fingerprint density at radius 1 is 1.02 bits per heavy atom. The normalized spacial score (nSPS) is 16.7. The van der Waals surface area contributed by atoms with Gasteiger partial charge in [-0.3, -0.25) is 4.79 Å². The lowest BCUT2D eigenvalue weighted by Crippen LogP contribution is -2.40. The van der Waals surface area contributed by atoms with E-state index in [9.17, 15) is 9.59 Å². The summed E-state index contributed by atoms with van der Waals surface area (Å²) in [6, 6.07) is 20.6. The van der Waals surface area contributed by atoms with Crippen molar-refractivity contribution in [1.29, 1.82) is 0 Å². The second kappa shape index (κ2) is 12.4. The first-order chi connectivity index (χ1) is 22.9. The van der Waals surface area contributed by atoms with Crippen LogP contribution in [-0.2, 0) is 16.0 Å². The molecule has 5 aromatic rings. The number of ether oxygens (including phenoxy) is 4. The van der Waals surface area contributed by atoms with Crippen molar-refractivity contribution in [2.24, 2.45) is 0 Å². The smallest absolute Gasteiger partial charge is 0.407 e. The van der Waals surface area contributed by atoms with Gasteiger partial charge in [0.05, 0.1) is 50.5 Å². The number of nitrogens with one attached hydrogen (secondary N) is 2. The Morgan fingerprint density at radius 2 is 1.83 bits per heavy atom. The molecule has 47 heavy (non-hydrogen) atoms. The number of benzene rings is 3. The van der Waals surface area contributed by atoms with Crippen molar-refractivity contribution in [1.82, 2.24) is 24.8 Å². The topological polar surface area (TPSA) is 120 Å². The number of carbonyl (C=O) groups is 2. The quantitative estimate of drug-likeness (QED) is 0.207. The standard InChI is InChI=1S/C36H37N5O6/c1-5-21-8-11-29-23(13-21)16-31-27-10-9-22(17-32(27)47-35(41(29)31)24-14-25(44-2)18-26(15-24)45-3)28-19-37-34(39-28)30-7-6-12-40(30)33(42)20-38-36(43)46-4/h8-11,13-19,30,35H,5-7,12,20H2,1-4H3,(H,37,39)(H,38,43). The molecule has 2 aliphatic heterocycles. The highest BCUT2D eigenvalue weighted by molar-refractivity contribution is 5.90. The fourth-order valence-electron chi connectivity index (χ4n) is 6.65. The number of H-pyrrole nitrogens is 1. The largest absolute Gasteiger partial charge is 0.497 e. The van der Waals surface area contributed by atoms with Crippen molar-refractivity contribution >= 4 is 22.9 Å². The molecule has 2 aliphatic rings. The molecule has 0 aliphatic carbocycles. The van der Waals surface area contributed by atoms with Crippen LogP contribution in [0.3, 0.4) is 0 Å². The maximum Gasteiger partial charge on any atom is 0.407 e. The predicted octanol–water partition coefficient (Wildman–Crippen LogP) is 6.24. The Labute approximate surface area is 272 Å². The summed E-state index contributed by atoms with van der Waals surface area (Å²) >= 11 is 0. The number of imidazole rings is 1. The molecular formula is C36H37N5O6. The van der Waals surface area contributed by atoms with Gasteiger partial charge in [0.15, 0.2) is 0 Å². The van der Waals surface area contributed by atoms with Crippen LogP contribution in [0.15, 0.2) is 66.9 Å². The zero-order valence-corrected chi connectivity index (χ0v) is 26.8. The summed E-state index contributed by atoms with van der Waals surface area (Å²) < 4.78 is 24.9. The van der Waals surface area contributed by atoms with E-state index in [2.05, 4.69) is 67.9 Å². The van der Waals surface area contributed by atoms with Crippen molar-refractivity contribution in [3.05, 3.63) is 83.8 Å². The van der Waals surface area contributed by atoms with E-state index in [4.69, 9.17) is 14.2 Å². The molecule has 0 spiro atoms. The van der Waals surface area contributed by atoms with Crippen LogP contribution in [0.5, 0.6) is 17.2 Å². The number of nitrogens with zero attached hydrogens (tertiary/aromatic N) is 3. The van der Waals surface area contributed by atoms with Gasteiger partial charge in [0.25, 0.3) is 0 Å². The third kappa shape index (κ3) is 5.51. The first-order valence-electron chi connectivity index (χ1n) is 15.7. The lowest BCUT2D eigenvalue weighted by atomic mass is 10.0. The summed E-state index contributed by atoms with van der Waals surface area (Å²) in [6.07, 6.45) is 3.26. The number of rotatable bonds is 8. The number of likely N-dealkylation sites (tertiary alicyclic amines) is 1. The molecule has 2 N–H and O–H groups in total. The van der Waals surface area contributed by atoms with Crippen molar-refractivity contribution in [3.8, 4) is 39.8 Å². The Hall–Kier alpha value is -5.45. The SMILES string of the molecule is CCc1ccc2c(c1)cc1n2C(c2cc(OC)cc(OC)c2)Oc2cc(-c3cnc(C4CCCN4C(=O)CNC(=O)OC)[nH]3)ccc2-1. The summed E-state index contributed by atoms with van der Waals surface area (Å²) in [6.45, 7) is 2.63. The van der Waals surface area contributed by atoms with Crippen molar-refractivity contribution < 1.29 is 28.5 Å². The molecule has 2 unspecified atom stereocenters. The number of carbonyl (C=O) groups excluding carboxylic acids is 2. The zero-order valence-electron chi connectivity index (χ0n) is 26.8. The summed E-state index contributed by atoms with van der Waals surface area (Å²) in [5.74, 6) is 2.62. The number of aryl methyl sites for hydroxylation is 1. The first-order valence-corrected chi connectivity index (χ1v) is 15.7. The highest BCUT2D eigenvalue weighted by atomic mass is 16.5. The van der Waals surface area contributed by atoms with E-state index < -0.39 is 12.3 Å². The Bertz CT molecular complexity index is 1960. The van der Waals surface area contributed by atoms with E-state index in [0.717, 1.165) is 64.0 Å². The van der Waals surface area contributed by atoms with Crippen LogP contribution in [0.2, 0.25) is 0 Å². The molecule has 7 rings (SSSR count). The van der Waals surface area contributed by atoms with Gasteiger partial charge in [-0.05, 0) is 67.3 Å². The van der Waals surface area contributed by atoms with Crippen LogP contribution in [0.4, 0.5) is 4.79 Å². The van der Waals surface area contributed by atoms with Gasteiger partial charge in [0, 0.05) is 34.7 Å². The number of aromatic nitrogens is 3. The van der Waals surface area contributed by atoms with Crippen molar-refractivity contribution in [2.45, 2.75) is 38.5 Å². The number of amides is 2. The molecule has 0 radical (unpaired) electrons. The molecule has 1 saturated heterocycles. The summed E-state index contributed by atoms with van der Waals surface area (Å²) in [7, 11) is 4.55. The molecule has 2 aromatic heterocycles. The van der Waals surface area contributed by atoms with E-state index in [-0.39, 0.29) is 18.5 Å². The third-order valence-electron chi connectivity index (χ3n) is 9.07. The number of aromatic amines is 1. The van der Waals surface area contributed by atoms with Crippen LogP contribution in [0, 0.1) is 0 Å². The predicted molar refractivity (Wildman–Crippen MR) is 177 cm³/mol. The first kappa shape index (κ1) is 30.2. The second-order valence-corrected chi connectivity index (χ2v) is 11.7. The van der Waals surface area contributed by atoms with Gasteiger partial charge in [-0.2, -0.15) is 0 Å². The van der Waals surface area contributed by atoms with Gasteiger partial charge in [-0.15, -0.1) is 0 Å². The van der Waals surface area contributed by atoms with E-state index in [0.29, 0.717) is 23.9 Å². The van der Waals surface area contributed by atoms with Gasteiger partial charge < -0.3 is 38.7 Å².